The molecule has 0 atom stereocenters. The average molecular weight is 340 g/mol. The number of aromatic nitrogens is 1. The van der Waals surface area contributed by atoms with Crippen LogP contribution in [0.15, 0.2) is 65.7 Å². The normalized spacial score (nSPS) is 10.5. The molecular formula is C18H16N2OS2. The molecule has 0 spiro atoms. The van der Waals surface area contributed by atoms with Gasteiger partial charge in [0.2, 0.25) is 0 Å². The molecule has 0 aliphatic rings. The predicted octanol–water partition coefficient (Wildman–Crippen LogP) is 4.71. The Hall–Kier alpha value is -2.11. The topological polar surface area (TPSA) is 42.0 Å². The van der Waals surface area contributed by atoms with Crippen LogP contribution in [0.3, 0.4) is 0 Å². The van der Waals surface area contributed by atoms with E-state index in [9.17, 15) is 4.79 Å². The molecule has 0 aliphatic heterocycles. The number of nitrogens with zero attached hydrogens (tertiary/aromatic N) is 1. The summed E-state index contributed by atoms with van der Waals surface area (Å²) in [5, 5.41) is 3.53. The molecule has 3 nitrogen and oxygen atoms in total. The Morgan fingerprint density at radius 2 is 1.87 bits per heavy atom. The number of anilines is 1. The zero-order valence-corrected chi connectivity index (χ0v) is 14.3. The first kappa shape index (κ1) is 15.8. The molecular weight excluding hydrogens is 324 g/mol. The highest BCUT2D eigenvalue weighted by molar-refractivity contribution is 7.98. The lowest BCUT2D eigenvalue weighted by atomic mass is 10.1. The summed E-state index contributed by atoms with van der Waals surface area (Å²) in [5.74, 6) is -0.115. The number of hydrogen-bond acceptors (Lipinski definition) is 4. The second kappa shape index (κ2) is 7.44. The number of thiazole rings is 1. The molecule has 0 unspecified atom stereocenters. The number of carbonyl (C=O) groups is 1. The molecule has 5 heteroatoms. The third-order valence-electron chi connectivity index (χ3n) is 3.35. The van der Waals surface area contributed by atoms with E-state index in [0.717, 1.165) is 16.2 Å². The van der Waals surface area contributed by atoms with E-state index in [1.807, 2.05) is 54.9 Å². The number of amides is 1. The molecule has 0 saturated carbocycles. The smallest absolute Gasteiger partial charge is 0.258 e. The van der Waals surface area contributed by atoms with Crippen LogP contribution >= 0.6 is 23.1 Å². The largest absolute Gasteiger partial charge is 0.298 e. The van der Waals surface area contributed by atoms with Gasteiger partial charge in [-0.15, -0.1) is 23.1 Å². The summed E-state index contributed by atoms with van der Waals surface area (Å²) in [6.45, 7) is 0. The molecule has 1 aromatic heterocycles. The predicted molar refractivity (Wildman–Crippen MR) is 97.5 cm³/mol. The zero-order valence-electron chi connectivity index (χ0n) is 12.7. The third kappa shape index (κ3) is 4.00. The Balaban J connectivity index is 1.70. The van der Waals surface area contributed by atoms with Crippen molar-refractivity contribution < 1.29 is 4.79 Å². The molecule has 1 N–H and O–H groups in total. The van der Waals surface area contributed by atoms with Gasteiger partial charge in [-0.2, -0.15) is 0 Å². The second-order valence-corrected chi connectivity index (χ2v) is 6.91. The number of nitrogens with one attached hydrogen (secondary N) is 1. The van der Waals surface area contributed by atoms with Crippen molar-refractivity contribution in [1.82, 2.24) is 4.98 Å². The van der Waals surface area contributed by atoms with E-state index in [4.69, 9.17) is 0 Å². The van der Waals surface area contributed by atoms with Crippen molar-refractivity contribution in [3.63, 3.8) is 0 Å². The second-order valence-electron chi connectivity index (χ2n) is 4.95. The van der Waals surface area contributed by atoms with Crippen molar-refractivity contribution in [2.24, 2.45) is 0 Å². The first-order chi connectivity index (χ1) is 11.3. The van der Waals surface area contributed by atoms with Gasteiger partial charge in [0.05, 0.1) is 5.56 Å². The van der Waals surface area contributed by atoms with E-state index in [-0.39, 0.29) is 5.91 Å². The third-order valence-corrected chi connectivity index (χ3v) is 5.06. The van der Waals surface area contributed by atoms with E-state index in [1.165, 1.54) is 16.9 Å². The van der Waals surface area contributed by atoms with Crippen LogP contribution in [0.1, 0.15) is 20.8 Å². The molecule has 0 aliphatic carbocycles. The number of rotatable bonds is 5. The van der Waals surface area contributed by atoms with Crippen LogP contribution in [0.5, 0.6) is 0 Å². The highest BCUT2D eigenvalue weighted by Crippen LogP contribution is 2.24. The van der Waals surface area contributed by atoms with Gasteiger partial charge in [0.15, 0.2) is 5.13 Å². The highest BCUT2D eigenvalue weighted by atomic mass is 32.2. The van der Waals surface area contributed by atoms with Gasteiger partial charge < -0.3 is 0 Å². The van der Waals surface area contributed by atoms with Crippen molar-refractivity contribution >= 4 is 34.1 Å². The van der Waals surface area contributed by atoms with Gasteiger partial charge in [0, 0.05) is 22.4 Å². The number of thioether (sulfide) groups is 1. The molecule has 0 radical (unpaired) electrons. The van der Waals surface area contributed by atoms with E-state index in [0.29, 0.717) is 10.7 Å². The van der Waals surface area contributed by atoms with Gasteiger partial charge in [-0.05, 0) is 24.0 Å². The van der Waals surface area contributed by atoms with Gasteiger partial charge in [0.1, 0.15) is 0 Å². The molecule has 0 fully saturated rings. The highest BCUT2D eigenvalue weighted by Gasteiger charge is 2.12. The summed E-state index contributed by atoms with van der Waals surface area (Å²) in [6, 6.07) is 17.8. The molecule has 1 amide bonds. The van der Waals surface area contributed by atoms with Crippen molar-refractivity contribution in [2.45, 2.75) is 11.3 Å². The SMILES string of the molecule is CSc1ccccc1C(=O)Nc1ncc(Cc2ccccc2)s1. The summed E-state index contributed by atoms with van der Waals surface area (Å²) >= 11 is 3.08. The van der Waals surface area contributed by atoms with Gasteiger partial charge in [-0.1, -0.05) is 42.5 Å². The van der Waals surface area contributed by atoms with Crippen molar-refractivity contribution in [1.29, 1.82) is 0 Å². The molecule has 116 valence electrons. The van der Waals surface area contributed by atoms with Gasteiger partial charge in [0.25, 0.3) is 5.91 Å². The minimum Gasteiger partial charge on any atom is -0.298 e. The lowest BCUT2D eigenvalue weighted by molar-refractivity contribution is 0.102. The summed E-state index contributed by atoms with van der Waals surface area (Å²) in [7, 11) is 0. The molecule has 3 rings (SSSR count). The summed E-state index contributed by atoms with van der Waals surface area (Å²) in [5.41, 5.74) is 1.92. The summed E-state index contributed by atoms with van der Waals surface area (Å²) in [4.78, 5) is 18.8. The van der Waals surface area contributed by atoms with E-state index in [2.05, 4.69) is 22.4 Å². The Morgan fingerprint density at radius 3 is 2.65 bits per heavy atom. The fourth-order valence-electron chi connectivity index (χ4n) is 2.24. The Morgan fingerprint density at radius 1 is 1.13 bits per heavy atom. The number of carbonyl (C=O) groups excluding carboxylic acids is 1. The summed E-state index contributed by atoms with van der Waals surface area (Å²) in [6.07, 6.45) is 4.62. The monoisotopic (exact) mass is 340 g/mol. The maximum absolute atomic E-state index is 12.4. The molecule has 0 bridgehead atoms. The van der Waals surface area contributed by atoms with Crippen LogP contribution in [0.2, 0.25) is 0 Å². The van der Waals surface area contributed by atoms with Crippen LogP contribution in [0, 0.1) is 0 Å². The average Bonchev–Trinajstić information content (AvgIpc) is 3.02. The fraction of sp³-hybridized carbons (Fsp3) is 0.111. The summed E-state index contributed by atoms with van der Waals surface area (Å²) < 4.78 is 0. The Bertz CT molecular complexity index is 800. The minimum absolute atomic E-state index is 0.115. The fourth-order valence-corrected chi connectivity index (χ4v) is 3.68. The van der Waals surface area contributed by atoms with E-state index < -0.39 is 0 Å². The maximum Gasteiger partial charge on any atom is 0.258 e. The van der Waals surface area contributed by atoms with Crippen molar-refractivity contribution in [3.05, 3.63) is 76.8 Å². The van der Waals surface area contributed by atoms with Gasteiger partial charge in [-0.25, -0.2) is 4.98 Å². The Kier molecular flexibility index (Phi) is 5.10. The first-order valence-corrected chi connectivity index (χ1v) is 9.23. The van der Waals surface area contributed by atoms with Crippen molar-refractivity contribution in [2.75, 3.05) is 11.6 Å². The van der Waals surface area contributed by atoms with Crippen LogP contribution in [-0.2, 0) is 6.42 Å². The molecule has 2 aromatic carbocycles. The number of hydrogen-bond donors (Lipinski definition) is 1. The van der Waals surface area contributed by atoms with Crippen LogP contribution in [-0.4, -0.2) is 17.1 Å². The van der Waals surface area contributed by atoms with E-state index in [1.54, 1.807) is 11.8 Å². The lowest BCUT2D eigenvalue weighted by Crippen LogP contribution is -2.12. The molecule has 23 heavy (non-hydrogen) atoms. The number of benzene rings is 2. The van der Waals surface area contributed by atoms with Gasteiger partial charge >= 0.3 is 0 Å². The van der Waals surface area contributed by atoms with Crippen LogP contribution in [0.25, 0.3) is 0 Å². The van der Waals surface area contributed by atoms with Gasteiger partial charge in [-0.3, -0.25) is 10.1 Å². The lowest BCUT2D eigenvalue weighted by Gasteiger charge is -2.06. The quantitative estimate of drug-likeness (QED) is 0.684. The minimum atomic E-state index is -0.115. The van der Waals surface area contributed by atoms with E-state index >= 15 is 0 Å². The first-order valence-electron chi connectivity index (χ1n) is 7.19. The Labute approximate surface area is 143 Å². The molecule has 1 heterocycles. The maximum atomic E-state index is 12.4. The van der Waals surface area contributed by atoms with Crippen LogP contribution in [0.4, 0.5) is 5.13 Å². The van der Waals surface area contributed by atoms with Crippen molar-refractivity contribution in [3.8, 4) is 0 Å². The molecule has 0 saturated heterocycles. The zero-order chi connectivity index (χ0) is 16.1. The molecule has 3 aromatic rings. The standard InChI is InChI=1S/C18H16N2OS2/c1-22-16-10-6-5-9-15(16)17(21)20-18-19-12-14(23-18)11-13-7-3-2-4-8-13/h2-10,12H,11H2,1H3,(H,19,20,21). The van der Waals surface area contributed by atoms with Crippen LogP contribution < -0.4 is 5.32 Å².